The van der Waals surface area contributed by atoms with Crippen molar-refractivity contribution in [3.63, 3.8) is 0 Å². The lowest BCUT2D eigenvalue weighted by Crippen LogP contribution is -2.45. The molecule has 1 aromatic rings. The molecule has 1 aliphatic carbocycles. The molecule has 0 radical (unpaired) electrons. The molecule has 122 valence electrons. The zero-order valence-corrected chi connectivity index (χ0v) is 13.8. The standard InChI is InChI=1S/C17H25NO4/c1-10-6-5-7-15(12(10)3)18-16(19)9-21-17(20)14-8-11(2)22-13(14)4/h8,10,12,15H,5-7,9H2,1-4H3,(H,18,19)/t10-,12+,15-/m1/s1. The topological polar surface area (TPSA) is 68.5 Å². The summed E-state index contributed by atoms with van der Waals surface area (Å²) in [4.78, 5) is 23.9. The molecule has 3 atom stereocenters. The Kier molecular flexibility index (Phi) is 5.27. The molecule has 1 heterocycles. The van der Waals surface area contributed by atoms with E-state index in [1.165, 1.54) is 6.42 Å². The van der Waals surface area contributed by atoms with Crippen molar-refractivity contribution in [1.29, 1.82) is 0 Å². The third-order valence-electron chi connectivity index (χ3n) is 4.65. The molecule has 1 amide bonds. The molecule has 1 aromatic heterocycles. The molecule has 1 aliphatic rings. The third kappa shape index (κ3) is 3.90. The summed E-state index contributed by atoms with van der Waals surface area (Å²) < 4.78 is 10.4. The van der Waals surface area contributed by atoms with Crippen molar-refractivity contribution in [2.24, 2.45) is 11.8 Å². The van der Waals surface area contributed by atoms with Gasteiger partial charge in [-0.2, -0.15) is 0 Å². The maximum absolute atomic E-state index is 12.0. The number of amides is 1. The molecule has 1 fully saturated rings. The van der Waals surface area contributed by atoms with E-state index in [9.17, 15) is 9.59 Å². The van der Waals surface area contributed by atoms with Crippen LogP contribution in [0.15, 0.2) is 10.5 Å². The normalized spacial score (nSPS) is 24.8. The van der Waals surface area contributed by atoms with E-state index in [2.05, 4.69) is 19.2 Å². The van der Waals surface area contributed by atoms with E-state index in [-0.39, 0.29) is 18.6 Å². The van der Waals surface area contributed by atoms with E-state index in [1.807, 2.05) is 0 Å². The van der Waals surface area contributed by atoms with Gasteiger partial charge in [-0.25, -0.2) is 4.79 Å². The first kappa shape index (κ1) is 16.6. The summed E-state index contributed by atoms with van der Waals surface area (Å²) in [5.74, 6) is 1.47. The van der Waals surface area contributed by atoms with Crippen LogP contribution in [0.1, 0.15) is 55.0 Å². The molecule has 2 rings (SSSR count). The van der Waals surface area contributed by atoms with Crippen LogP contribution < -0.4 is 5.32 Å². The van der Waals surface area contributed by atoms with Crippen molar-refractivity contribution in [2.45, 2.75) is 53.0 Å². The summed E-state index contributed by atoms with van der Waals surface area (Å²) in [5, 5.41) is 2.99. The molecule has 0 unspecified atom stereocenters. The Bertz CT molecular complexity index is 549. The Balaban J connectivity index is 1.82. The van der Waals surface area contributed by atoms with Crippen molar-refractivity contribution in [3.05, 3.63) is 23.2 Å². The first-order valence-corrected chi connectivity index (χ1v) is 7.92. The zero-order chi connectivity index (χ0) is 16.3. The molecule has 0 spiro atoms. The van der Waals surface area contributed by atoms with Gasteiger partial charge in [0.1, 0.15) is 17.1 Å². The second-order valence-electron chi connectivity index (χ2n) is 6.34. The van der Waals surface area contributed by atoms with Crippen molar-refractivity contribution in [3.8, 4) is 0 Å². The number of carbonyl (C=O) groups excluding carboxylic acids is 2. The predicted octanol–water partition coefficient (Wildman–Crippen LogP) is 2.99. The van der Waals surface area contributed by atoms with Crippen molar-refractivity contribution < 1.29 is 18.7 Å². The average Bonchev–Trinajstić information content (AvgIpc) is 2.80. The zero-order valence-electron chi connectivity index (χ0n) is 13.8. The fraction of sp³-hybridized carbons (Fsp3) is 0.647. The molecule has 0 aliphatic heterocycles. The van der Waals surface area contributed by atoms with Gasteiger partial charge in [-0.15, -0.1) is 0 Å². The van der Waals surface area contributed by atoms with E-state index in [0.717, 1.165) is 12.8 Å². The van der Waals surface area contributed by atoms with Gasteiger partial charge in [0.15, 0.2) is 6.61 Å². The van der Waals surface area contributed by atoms with E-state index >= 15 is 0 Å². The maximum atomic E-state index is 12.0. The van der Waals surface area contributed by atoms with Crippen LogP contribution in [0, 0.1) is 25.7 Å². The highest BCUT2D eigenvalue weighted by Gasteiger charge is 2.28. The van der Waals surface area contributed by atoms with Crippen LogP contribution in [0.2, 0.25) is 0 Å². The Morgan fingerprint density at radius 3 is 2.68 bits per heavy atom. The number of ether oxygens (including phenoxy) is 1. The summed E-state index contributed by atoms with van der Waals surface area (Å²) in [5.41, 5.74) is 0.380. The molecular weight excluding hydrogens is 282 g/mol. The van der Waals surface area contributed by atoms with Gasteiger partial charge in [0.05, 0.1) is 0 Å². The first-order valence-electron chi connectivity index (χ1n) is 7.92. The fourth-order valence-corrected chi connectivity index (χ4v) is 3.08. The van der Waals surface area contributed by atoms with Crippen molar-refractivity contribution >= 4 is 11.9 Å². The lowest BCUT2D eigenvalue weighted by molar-refractivity contribution is -0.125. The highest BCUT2D eigenvalue weighted by atomic mass is 16.5. The number of esters is 1. The van der Waals surface area contributed by atoms with Crippen LogP contribution in [-0.2, 0) is 9.53 Å². The Labute approximate surface area is 131 Å². The lowest BCUT2D eigenvalue weighted by atomic mass is 9.78. The van der Waals surface area contributed by atoms with Gasteiger partial charge in [0, 0.05) is 6.04 Å². The van der Waals surface area contributed by atoms with Crippen LogP contribution in [0.3, 0.4) is 0 Å². The number of carbonyl (C=O) groups is 2. The number of rotatable bonds is 4. The molecule has 0 bridgehead atoms. The minimum Gasteiger partial charge on any atom is -0.466 e. The predicted molar refractivity (Wildman–Crippen MR) is 82.6 cm³/mol. The largest absolute Gasteiger partial charge is 0.466 e. The molecule has 5 heteroatoms. The summed E-state index contributed by atoms with van der Waals surface area (Å²) in [6, 6.07) is 1.80. The molecule has 1 saturated carbocycles. The summed E-state index contributed by atoms with van der Waals surface area (Å²) in [6.07, 6.45) is 3.33. The first-order chi connectivity index (χ1) is 10.4. The fourth-order valence-electron chi connectivity index (χ4n) is 3.08. The van der Waals surface area contributed by atoms with E-state index in [4.69, 9.17) is 9.15 Å². The third-order valence-corrected chi connectivity index (χ3v) is 4.65. The lowest BCUT2D eigenvalue weighted by Gasteiger charge is -2.34. The molecule has 1 N–H and O–H groups in total. The van der Waals surface area contributed by atoms with E-state index in [1.54, 1.807) is 19.9 Å². The van der Waals surface area contributed by atoms with Crippen molar-refractivity contribution in [1.82, 2.24) is 5.32 Å². The minimum absolute atomic E-state index is 0.174. The Morgan fingerprint density at radius 2 is 2.05 bits per heavy atom. The summed E-state index contributed by atoms with van der Waals surface area (Å²) in [6.45, 7) is 7.60. The summed E-state index contributed by atoms with van der Waals surface area (Å²) >= 11 is 0. The Morgan fingerprint density at radius 1 is 1.32 bits per heavy atom. The number of hydrogen-bond acceptors (Lipinski definition) is 4. The quantitative estimate of drug-likeness (QED) is 0.868. The number of furan rings is 1. The SMILES string of the molecule is Cc1cc(C(=O)OCC(=O)N[C@@H]2CCC[C@@H](C)[C@@H]2C)c(C)o1. The summed E-state index contributed by atoms with van der Waals surface area (Å²) in [7, 11) is 0. The molecule has 0 aromatic carbocycles. The van der Waals surface area contributed by atoms with Crippen LogP contribution in [0.25, 0.3) is 0 Å². The smallest absolute Gasteiger partial charge is 0.342 e. The second-order valence-corrected chi connectivity index (χ2v) is 6.34. The van der Waals surface area contributed by atoms with Gasteiger partial charge in [-0.1, -0.05) is 26.7 Å². The van der Waals surface area contributed by atoms with E-state index < -0.39 is 5.97 Å². The number of nitrogens with one attached hydrogen (secondary N) is 1. The second kappa shape index (κ2) is 6.99. The van der Waals surface area contributed by atoms with Gasteiger partial charge in [0.25, 0.3) is 5.91 Å². The molecule has 22 heavy (non-hydrogen) atoms. The van der Waals surface area contributed by atoms with Crippen molar-refractivity contribution in [2.75, 3.05) is 6.61 Å². The van der Waals surface area contributed by atoms with Gasteiger partial charge in [-0.3, -0.25) is 4.79 Å². The van der Waals surface area contributed by atoms with Gasteiger partial charge in [0.2, 0.25) is 0 Å². The monoisotopic (exact) mass is 307 g/mol. The molecule has 0 saturated heterocycles. The highest BCUT2D eigenvalue weighted by Crippen LogP contribution is 2.29. The van der Waals surface area contributed by atoms with Gasteiger partial charge >= 0.3 is 5.97 Å². The van der Waals surface area contributed by atoms with Crippen LogP contribution in [0.4, 0.5) is 0 Å². The minimum atomic E-state index is -0.519. The van der Waals surface area contributed by atoms with Gasteiger partial charge < -0.3 is 14.5 Å². The van der Waals surface area contributed by atoms with Crippen LogP contribution in [-0.4, -0.2) is 24.5 Å². The molecular formula is C17H25NO4. The van der Waals surface area contributed by atoms with Gasteiger partial charge in [-0.05, 0) is 38.2 Å². The number of aryl methyl sites for hydroxylation is 2. The van der Waals surface area contributed by atoms with E-state index in [0.29, 0.717) is 28.9 Å². The maximum Gasteiger partial charge on any atom is 0.342 e. The highest BCUT2D eigenvalue weighted by molar-refractivity contribution is 5.92. The van der Waals surface area contributed by atoms with Crippen LogP contribution >= 0.6 is 0 Å². The van der Waals surface area contributed by atoms with Crippen LogP contribution in [0.5, 0.6) is 0 Å². The molecule has 5 nitrogen and oxygen atoms in total. The average molecular weight is 307 g/mol. The number of hydrogen-bond donors (Lipinski definition) is 1. The Hall–Kier alpha value is -1.78.